The number of amides is 1. The molecular formula is C12H12N2OS2. The van der Waals surface area contributed by atoms with Gasteiger partial charge in [-0.2, -0.15) is 0 Å². The van der Waals surface area contributed by atoms with Gasteiger partial charge in [-0.1, -0.05) is 29.8 Å². The molecule has 5 heteroatoms. The van der Waals surface area contributed by atoms with E-state index in [0.29, 0.717) is 5.11 Å². The first-order valence-electron chi connectivity index (χ1n) is 5.48. The van der Waals surface area contributed by atoms with E-state index >= 15 is 0 Å². The number of carbonyl (C=O) groups excluding carboxylic acids is 1. The Morgan fingerprint density at radius 2 is 2.12 bits per heavy atom. The van der Waals surface area contributed by atoms with Gasteiger partial charge in [0.15, 0.2) is 5.11 Å². The van der Waals surface area contributed by atoms with Crippen molar-refractivity contribution in [1.82, 2.24) is 10.2 Å². The van der Waals surface area contributed by atoms with Gasteiger partial charge in [-0.15, -0.1) is 11.8 Å². The van der Waals surface area contributed by atoms with E-state index in [4.69, 9.17) is 12.2 Å². The van der Waals surface area contributed by atoms with Gasteiger partial charge in [0.25, 0.3) is 0 Å². The molecule has 3 nitrogen and oxygen atoms in total. The zero-order valence-electron chi connectivity index (χ0n) is 9.34. The molecule has 2 saturated heterocycles. The largest absolute Gasteiger partial charge is 0.320 e. The molecule has 0 bridgehead atoms. The third-order valence-electron chi connectivity index (χ3n) is 3.13. The standard InChI is InChI=1S/C12H12N2OS2/c1-7-2-4-8(5-3-7)11-14-9(6-17-11)10(15)13-12(14)16/h2-5,9,11H,6H2,1H3,(H,13,15,16)/t9-,11?/m0/s1. The predicted molar refractivity (Wildman–Crippen MR) is 72.7 cm³/mol. The fraction of sp³-hybridized carbons (Fsp3) is 0.333. The number of nitrogens with zero attached hydrogens (tertiary/aromatic N) is 1. The highest BCUT2D eigenvalue weighted by atomic mass is 32.2. The first kappa shape index (κ1) is 11.0. The number of hydrogen-bond donors (Lipinski definition) is 1. The summed E-state index contributed by atoms with van der Waals surface area (Å²) in [4.78, 5) is 13.7. The molecule has 2 heterocycles. The Hall–Kier alpha value is -1.07. The lowest BCUT2D eigenvalue weighted by molar-refractivity contribution is -0.120. The highest BCUT2D eigenvalue weighted by Gasteiger charge is 2.45. The van der Waals surface area contributed by atoms with Gasteiger partial charge in [-0.05, 0) is 24.7 Å². The lowest BCUT2D eigenvalue weighted by Gasteiger charge is -2.23. The van der Waals surface area contributed by atoms with Gasteiger partial charge in [0.1, 0.15) is 11.4 Å². The second-order valence-corrected chi connectivity index (χ2v) is 5.81. The molecule has 0 spiro atoms. The van der Waals surface area contributed by atoms with Crippen LogP contribution in [-0.4, -0.2) is 27.7 Å². The third-order valence-corrected chi connectivity index (χ3v) is 4.77. The zero-order valence-corrected chi connectivity index (χ0v) is 11.0. The van der Waals surface area contributed by atoms with Crippen molar-refractivity contribution >= 4 is 35.0 Å². The summed E-state index contributed by atoms with van der Waals surface area (Å²) in [5.74, 6) is 0.849. The van der Waals surface area contributed by atoms with E-state index in [0.717, 1.165) is 5.75 Å². The van der Waals surface area contributed by atoms with Crippen LogP contribution in [0.1, 0.15) is 16.5 Å². The molecule has 1 amide bonds. The number of benzene rings is 1. The summed E-state index contributed by atoms with van der Waals surface area (Å²) in [6.07, 6.45) is 0. The Kier molecular flexibility index (Phi) is 2.60. The SMILES string of the molecule is Cc1ccc(C2SC[C@H]3C(=O)NC(=S)N23)cc1. The van der Waals surface area contributed by atoms with Crippen molar-refractivity contribution < 1.29 is 4.79 Å². The molecule has 2 aliphatic rings. The summed E-state index contributed by atoms with van der Waals surface area (Å²) in [5.41, 5.74) is 2.45. The molecule has 0 aromatic heterocycles. The second kappa shape index (κ2) is 3.99. The van der Waals surface area contributed by atoms with Crippen LogP contribution in [0, 0.1) is 6.92 Å². The van der Waals surface area contributed by atoms with Crippen molar-refractivity contribution in [3.8, 4) is 0 Å². The predicted octanol–water partition coefficient (Wildman–Crippen LogP) is 1.83. The number of thioether (sulfide) groups is 1. The summed E-state index contributed by atoms with van der Waals surface area (Å²) in [7, 11) is 0. The van der Waals surface area contributed by atoms with E-state index in [1.54, 1.807) is 11.8 Å². The average Bonchev–Trinajstić information content (AvgIpc) is 2.84. The van der Waals surface area contributed by atoms with Crippen LogP contribution in [0.2, 0.25) is 0 Å². The van der Waals surface area contributed by atoms with Gasteiger partial charge in [-0.3, -0.25) is 4.79 Å². The molecule has 1 aromatic carbocycles. The van der Waals surface area contributed by atoms with E-state index in [2.05, 4.69) is 36.5 Å². The molecule has 17 heavy (non-hydrogen) atoms. The van der Waals surface area contributed by atoms with E-state index in [-0.39, 0.29) is 17.3 Å². The van der Waals surface area contributed by atoms with Crippen molar-refractivity contribution in [3.63, 3.8) is 0 Å². The molecular weight excluding hydrogens is 252 g/mol. The van der Waals surface area contributed by atoms with Crippen molar-refractivity contribution in [2.75, 3.05) is 5.75 Å². The lowest BCUT2D eigenvalue weighted by Crippen LogP contribution is -2.32. The Bertz CT molecular complexity index is 486. The van der Waals surface area contributed by atoms with Crippen LogP contribution in [0.25, 0.3) is 0 Å². The van der Waals surface area contributed by atoms with E-state index in [9.17, 15) is 4.79 Å². The van der Waals surface area contributed by atoms with Crippen LogP contribution >= 0.6 is 24.0 Å². The third kappa shape index (κ3) is 1.73. The van der Waals surface area contributed by atoms with Crippen molar-refractivity contribution in [2.24, 2.45) is 0 Å². The summed E-state index contributed by atoms with van der Waals surface area (Å²) < 4.78 is 0. The summed E-state index contributed by atoms with van der Waals surface area (Å²) in [6, 6.07) is 8.33. The van der Waals surface area contributed by atoms with Gasteiger partial charge in [-0.25, -0.2) is 0 Å². The van der Waals surface area contributed by atoms with Gasteiger partial charge in [0.05, 0.1) is 0 Å². The fourth-order valence-electron chi connectivity index (χ4n) is 2.20. The van der Waals surface area contributed by atoms with E-state index in [1.807, 2.05) is 4.90 Å². The number of fused-ring (bicyclic) bond motifs is 1. The normalized spacial score (nSPS) is 27.2. The Morgan fingerprint density at radius 3 is 2.82 bits per heavy atom. The molecule has 1 N–H and O–H groups in total. The maximum absolute atomic E-state index is 11.6. The number of aryl methyl sites for hydroxylation is 1. The van der Waals surface area contributed by atoms with Crippen LogP contribution in [0.4, 0.5) is 0 Å². The molecule has 0 radical (unpaired) electrons. The first-order valence-corrected chi connectivity index (χ1v) is 6.94. The number of nitrogens with one attached hydrogen (secondary N) is 1. The minimum Gasteiger partial charge on any atom is -0.320 e. The van der Waals surface area contributed by atoms with E-state index < -0.39 is 0 Å². The Morgan fingerprint density at radius 1 is 1.41 bits per heavy atom. The molecule has 0 aliphatic carbocycles. The van der Waals surface area contributed by atoms with Gasteiger partial charge >= 0.3 is 0 Å². The van der Waals surface area contributed by atoms with Crippen LogP contribution in [-0.2, 0) is 4.79 Å². The van der Waals surface area contributed by atoms with Crippen LogP contribution < -0.4 is 5.32 Å². The first-order chi connectivity index (χ1) is 8.16. The van der Waals surface area contributed by atoms with Crippen LogP contribution in [0.15, 0.2) is 24.3 Å². The quantitative estimate of drug-likeness (QED) is 0.784. The monoisotopic (exact) mass is 264 g/mol. The van der Waals surface area contributed by atoms with Crippen molar-refractivity contribution in [1.29, 1.82) is 0 Å². The van der Waals surface area contributed by atoms with Crippen molar-refractivity contribution in [3.05, 3.63) is 35.4 Å². The molecule has 2 aliphatic heterocycles. The molecule has 2 atom stereocenters. The molecule has 3 rings (SSSR count). The highest BCUT2D eigenvalue weighted by molar-refractivity contribution is 7.99. The van der Waals surface area contributed by atoms with Crippen LogP contribution in [0.3, 0.4) is 0 Å². The maximum Gasteiger partial charge on any atom is 0.249 e. The summed E-state index contributed by atoms with van der Waals surface area (Å²) >= 11 is 7.00. The molecule has 1 aromatic rings. The zero-order chi connectivity index (χ0) is 12.0. The number of hydrogen-bond acceptors (Lipinski definition) is 3. The minimum atomic E-state index is -0.0844. The summed E-state index contributed by atoms with van der Waals surface area (Å²) in [5, 5.41) is 3.47. The van der Waals surface area contributed by atoms with Crippen molar-refractivity contribution in [2.45, 2.75) is 18.3 Å². The number of carbonyl (C=O) groups is 1. The molecule has 1 unspecified atom stereocenters. The molecule has 2 fully saturated rings. The molecule has 0 saturated carbocycles. The average molecular weight is 264 g/mol. The molecule has 88 valence electrons. The highest BCUT2D eigenvalue weighted by Crippen LogP contribution is 2.43. The van der Waals surface area contributed by atoms with E-state index in [1.165, 1.54) is 11.1 Å². The number of thiocarbonyl (C=S) groups is 1. The van der Waals surface area contributed by atoms with Crippen LogP contribution in [0.5, 0.6) is 0 Å². The summed E-state index contributed by atoms with van der Waals surface area (Å²) in [6.45, 7) is 2.07. The van der Waals surface area contributed by atoms with Gasteiger partial charge < -0.3 is 10.2 Å². The smallest absolute Gasteiger partial charge is 0.249 e. The Balaban J connectivity index is 1.93. The van der Waals surface area contributed by atoms with Gasteiger partial charge in [0, 0.05) is 5.75 Å². The second-order valence-electron chi connectivity index (χ2n) is 4.31. The fourth-order valence-corrected chi connectivity index (χ4v) is 4.04. The maximum atomic E-state index is 11.6. The van der Waals surface area contributed by atoms with Gasteiger partial charge in [0.2, 0.25) is 5.91 Å². The Labute approximate surface area is 110 Å². The lowest BCUT2D eigenvalue weighted by atomic mass is 10.1. The number of rotatable bonds is 1. The minimum absolute atomic E-state index is 0.0390. The topological polar surface area (TPSA) is 32.3 Å².